The minimum Gasteiger partial charge on any atom is -0.497 e. The fourth-order valence-corrected chi connectivity index (χ4v) is 3.29. The number of anilines is 1. The van der Waals surface area contributed by atoms with Gasteiger partial charge in [-0.25, -0.2) is 10.1 Å². The highest BCUT2D eigenvalue weighted by molar-refractivity contribution is 5.95. The standard InChI is InChI=1S/C26H25N5O2/c1-30(2)21-13-9-19(10-14-21)18-27-28-26(32)25-17-24(20-11-15-23(33-3)16-12-20)29-31(25)22-7-5-4-6-8-22/h4-18H,1-3H3,(H,28,32)/b27-18+. The number of hydrogen-bond donors (Lipinski definition) is 1. The monoisotopic (exact) mass is 439 g/mol. The van der Waals surface area contributed by atoms with Crippen LogP contribution in [0.2, 0.25) is 0 Å². The van der Waals surface area contributed by atoms with Crippen molar-refractivity contribution in [2.75, 3.05) is 26.1 Å². The number of nitrogens with one attached hydrogen (secondary N) is 1. The minimum atomic E-state index is -0.354. The molecule has 0 fully saturated rings. The summed E-state index contributed by atoms with van der Waals surface area (Å²) >= 11 is 0. The van der Waals surface area contributed by atoms with Crippen LogP contribution in [0, 0.1) is 0 Å². The maximum absolute atomic E-state index is 13.0. The van der Waals surface area contributed by atoms with E-state index in [-0.39, 0.29) is 5.91 Å². The first-order valence-corrected chi connectivity index (χ1v) is 10.5. The van der Waals surface area contributed by atoms with Gasteiger partial charge in [0.15, 0.2) is 0 Å². The van der Waals surface area contributed by atoms with E-state index in [2.05, 4.69) is 15.6 Å². The van der Waals surface area contributed by atoms with Gasteiger partial charge in [-0.1, -0.05) is 30.3 Å². The molecule has 0 aliphatic rings. The third-order valence-electron chi connectivity index (χ3n) is 5.12. The molecule has 33 heavy (non-hydrogen) atoms. The average Bonchev–Trinajstić information content (AvgIpc) is 3.30. The fraction of sp³-hybridized carbons (Fsp3) is 0.115. The van der Waals surface area contributed by atoms with Gasteiger partial charge in [0.2, 0.25) is 0 Å². The van der Waals surface area contributed by atoms with Crippen molar-refractivity contribution in [3.8, 4) is 22.7 Å². The number of hydrogen-bond acceptors (Lipinski definition) is 5. The zero-order chi connectivity index (χ0) is 23.2. The van der Waals surface area contributed by atoms with Crippen LogP contribution in [0.3, 0.4) is 0 Å². The molecule has 166 valence electrons. The van der Waals surface area contributed by atoms with E-state index in [1.165, 1.54) is 0 Å². The Morgan fingerprint density at radius 3 is 2.33 bits per heavy atom. The second kappa shape index (κ2) is 9.82. The summed E-state index contributed by atoms with van der Waals surface area (Å²) < 4.78 is 6.85. The second-order valence-electron chi connectivity index (χ2n) is 7.58. The summed E-state index contributed by atoms with van der Waals surface area (Å²) in [5, 5.41) is 8.81. The van der Waals surface area contributed by atoms with Gasteiger partial charge in [0.05, 0.1) is 24.7 Å². The van der Waals surface area contributed by atoms with Gasteiger partial charge in [-0.05, 0) is 60.2 Å². The molecule has 0 bridgehead atoms. The Labute approximate surface area is 192 Å². The number of methoxy groups -OCH3 is 1. The van der Waals surface area contributed by atoms with Gasteiger partial charge in [-0.3, -0.25) is 4.79 Å². The van der Waals surface area contributed by atoms with Crippen molar-refractivity contribution in [2.45, 2.75) is 0 Å². The van der Waals surface area contributed by atoms with Crippen LogP contribution in [0.25, 0.3) is 16.9 Å². The Bertz CT molecular complexity index is 1240. The summed E-state index contributed by atoms with van der Waals surface area (Å²) in [6.45, 7) is 0. The Balaban J connectivity index is 1.59. The quantitative estimate of drug-likeness (QED) is 0.343. The maximum atomic E-state index is 13.0. The SMILES string of the molecule is COc1ccc(-c2cc(C(=O)N/N=C/c3ccc(N(C)C)cc3)n(-c3ccccc3)n2)cc1. The van der Waals surface area contributed by atoms with Crippen molar-refractivity contribution in [3.05, 3.63) is 96.2 Å². The van der Waals surface area contributed by atoms with Crippen LogP contribution in [-0.2, 0) is 0 Å². The number of aromatic nitrogens is 2. The van der Waals surface area contributed by atoms with Crippen LogP contribution in [0.15, 0.2) is 90.0 Å². The smallest absolute Gasteiger partial charge is 0.290 e. The highest BCUT2D eigenvalue weighted by Crippen LogP contribution is 2.24. The Morgan fingerprint density at radius 2 is 1.70 bits per heavy atom. The van der Waals surface area contributed by atoms with E-state index in [1.54, 1.807) is 24.1 Å². The van der Waals surface area contributed by atoms with E-state index < -0.39 is 0 Å². The number of para-hydroxylation sites is 1. The topological polar surface area (TPSA) is 71.8 Å². The van der Waals surface area contributed by atoms with Crippen LogP contribution in [-0.4, -0.2) is 43.1 Å². The third kappa shape index (κ3) is 5.10. The molecule has 0 aliphatic heterocycles. The van der Waals surface area contributed by atoms with Crippen molar-refractivity contribution in [3.63, 3.8) is 0 Å². The summed E-state index contributed by atoms with van der Waals surface area (Å²) in [6, 6.07) is 26.7. The Hall–Kier alpha value is -4.39. The lowest BCUT2D eigenvalue weighted by atomic mass is 10.1. The molecule has 0 spiro atoms. The molecule has 0 saturated heterocycles. The van der Waals surface area contributed by atoms with E-state index in [4.69, 9.17) is 4.74 Å². The first kappa shape index (κ1) is 21.8. The van der Waals surface area contributed by atoms with Crippen molar-refractivity contribution >= 4 is 17.8 Å². The maximum Gasteiger partial charge on any atom is 0.290 e. The number of ether oxygens (including phenoxy) is 1. The van der Waals surface area contributed by atoms with Crippen molar-refractivity contribution in [1.29, 1.82) is 0 Å². The molecule has 1 N–H and O–H groups in total. The minimum absolute atomic E-state index is 0.354. The van der Waals surface area contributed by atoms with Gasteiger partial charge in [0.25, 0.3) is 5.91 Å². The normalized spacial score (nSPS) is 10.9. The van der Waals surface area contributed by atoms with Crippen LogP contribution >= 0.6 is 0 Å². The highest BCUT2D eigenvalue weighted by Gasteiger charge is 2.17. The van der Waals surface area contributed by atoms with Gasteiger partial charge in [0.1, 0.15) is 11.4 Å². The predicted octanol–water partition coefficient (Wildman–Crippen LogP) is 4.38. The number of nitrogens with zero attached hydrogens (tertiary/aromatic N) is 4. The largest absolute Gasteiger partial charge is 0.497 e. The van der Waals surface area contributed by atoms with Crippen molar-refractivity contribution in [1.82, 2.24) is 15.2 Å². The highest BCUT2D eigenvalue weighted by atomic mass is 16.5. The second-order valence-corrected chi connectivity index (χ2v) is 7.58. The first-order chi connectivity index (χ1) is 16.0. The molecular formula is C26H25N5O2. The van der Waals surface area contributed by atoms with E-state index in [1.807, 2.05) is 97.9 Å². The van der Waals surface area contributed by atoms with Crippen molar-refractivity contribution < 1.29 is 9.53 Å². The Morgan fingerprint density at radius 1 is 1.00 bits per heavy atom. The van der Waals surface area contributed by atoms with Crippen LogP contribution in [0.5, 0.6) is 5.75 Å². The number of hydrazone groups is 1. The molecule has 4 rings (SSSR count). The fourth-order valence-electron chi connectivity index (χ4n) is 3.29. The van der Waals surface area contributed by atoms with E-state index >= 15 is 0 Å². The molecule has 3 aromatic carbocycles. The first-order valence-electron chi connectivity index (χ1n) is 10.5. The summed E-state index contributed by atoms with van der Waals surface area (Å²) in [6.07, 6.45) is 1.62. The summed E-state index contributed by atoms with van der Waals surface area (Å²) in [4.78, 5) is 15.0. The van der Waals surface area contributed by atoms with Gasteiger partial charge in [-0.2, -0.15) is 10.2 Å². The summed E-state index contributed by atoms with van der Waals surface area (Å²) in [5.41, 5.74) is 7.31. The van der Waals surface area contributed by atoms with Gasteiger partial charge >= 0.3 is 0 Å². The molecule has 0 radical (unpaired) electrons. The lowest BCUT2D eigenvalue weighted by molar-refractivity contribution is 0.0947. The average molecular weight is 440 g/mol. The predicted molar refractivity (Wildman–Crippen MR) is 131 cm³/mol. The Kier molecular flexibility index (Phi) is 6.50. The molecule has 4 aromatic rings. The van der Waals surface area contributed by atoms with E-state index in [0.717, 1.165) is 28.3 Å². The number of amides is 1. The number of carbonyl (C=O) groups excluding carboxylic acids is 1. The lowest BCUT2D eigenvalue weighted by Crippen LogP contribution is -2.21. The molecule has 1 aromatic heterocycles. The molecule has 1 heterocycles. The van der Waals surface area contributed by atoms with E-state index in [0.29, 0.717) is 11.4 Å². The zero-order valence-electron chi connectivity index (χ0n) is 18.8. The lowest BCUT2D eigenvalue weighted by Gasteiger charge is -2.11. The van der Waals surface area contributed by atoms with Crippen LogP contribution in [0.1, 0.15) is 16.1 Å². The summed E-state index contributed by atoms with van der Waals surface area (Å²) in [5.74, 6) is 0.402. The van der Waals surface area contributed by atoms with Gasteiger partial charge < -0.3 is 9.64 Å². The van der Waals surface area contributed by atoms with Crippen molar-refractivity contribution in [2.24, 2.45) is 5.10 Å². The van der Waals surface area contributed by atoms with Crippen LogP contribution < -0.4 is 15.1 Å². The molecular weight excluding hydrogens is 414 g/mol. The zero-order valence-corrected chi connectivity index (χ0v) is 18.8. The molecule has 0 saturated carbocycles. The number of carbonyl (C=O) groups is 1. The van der Waals surface area contributed by atoms with Gasteiger partial charge in [0, 0.05) is 25.3 Å². The third-order valence-corrected chi connectivity index (χ3v) is 5.12. The molecule has 1 amide bonds. The van der Waals surface area contributed by atoms with Gasteiger partial charge in [-0.15, -0.1) is 0 Å². The molecule has 0 aliphatic carbocycles. The molecule has 7 heteroatoms. The number of rotatable bonds is 7. The number of benzene rings is 3. The molecule has 0 atom stereocenters. The molecule has 0 unspecified atom stereocenters. The molecule has 7 nitrogen and oxygen atoms in total. The van der Waals surface area contributed by atoms with Crippen LogP contribution in [0.4, 0.5) is 5.69 Å². The van der Waals surface area contributed by atoms with E-state index in [9.17, 15) is 4.79 Å². The summed E-state index contributed by atoms with van der Waals surface area (Å²) in [7, 11) is 5.59.